The Hall–Kier alpha value is -5.03. The number of benzene rings is 2. The third kappa shape index (κ3) is 3.61. The van der Waals surface area contributed by atoms with Crippen LogP contribution in [0.25, 0.3) is 44.3 Å². The first-order chi connectivity index (χ1) is 16.6. The van der Waals surface area contributed by atoms with E-state index in [1.54, 1.807) is 48.7 Å². The van der Waals surface area contributed by atoms with Crippen molar-refractivity contribution in [1.29, 1.82) is 0 Å². The van der Waals surface area contributed by atoms with Crippen molar-refractivity contribution in [3.05, 3.63) is 96.0 Å². The molecule has 0 unspecified atom stereocenters. The van der Waals surface area contributed by atoms with Gasteiger partial charge in [0, 0.05) is 11.9 Å². The maximum absolute atomic E-state index is 11.9. The molecule has 0 radical (unpaired) electrons. The quantitative estimate of drug-likeness (QED) is 0.306. The number of hydrogen-bond donors (Lipinski definition) is 1. The first kappa shape index (κ1) is 20.8. The first-order valence-electron chi connectivity index (χ1n) is 10.4. The van der Waals surface area contributed by atoms with Gasteiger partial charge in [0.2, 0.25) is 0 Å². The number of pyridine rings is 2. The molecular weight excluding hydrogens is 428 g/mol. The molecule has 3 aromatic heterocycles. The van der Waals surface area contributed by atoms with E-state index in [2.05, 4.69) is 9.83 Å². The molecule has 8 nitrogen and oxygen atoms in total. The van der Waals surface area contributed by atoms with E-state index in [0.29, 0.717) is 45.3 Å². The summed E-state index contributed by atoms with van der Waals surface area (Å²) >= 11 is 0. The van der Waals surface area contributed by atoms with Crippen molar-refractivity contribution in [1.82, 2.24) is 19.5 Å². The summed E-state index contributed by atoms with van der Waals surface area (Å²) in [5.41, 5.74) is 11.4. The Morgan fingerprint density at radius 1 is 1.03 bits per heavy atom. The van der Waals surface area contributed by atoms with Crippen LogP contribution in [0.2, 0.25) is 0 Å². The zero-order chi connectivity index (χ0) is 23.7. The molecule has 0 saturated carbocycles. The van der Waals surface area contributed by atoms with Crippen LogP contribution in [0.3, 0.4) is 0 Å². The van der Waals surface area contributed by atoms with Crippen LogP contribution in [0.5, 0.6) is 0 Å². The number of esters is 1. The van der Waals surface area contributed by atoms with Crippen molar-refractivity contribution in [2.75, 3.05) is 12.8 Å². The van der Waals surface area contributed by atoms with Gasteiger partial charge in [-0.2, -0.15) is 0 Å². The minimum Gasteiger partial charge on any atom is -0.465 e. The summed E-state index contributed by atoms with van der Waals surface area (Å²) in [5, 5.41) is 0. The highest BCUT2D eigenvalue weighted by Crippen LogP contribution is 2.32. The number of nitrogens with two attached hydrogens (primary N) is 1. The lowest BCUT2D eigenvalue weighted by atomic mass is 10.1. The van der Waals surface area contributed by atoms with Crippen molar-refractivity contribution in [3.8, 4) is 28.3 Å². The van der Waals surface area contributed by atoms with E-state index in [1.807, 2.05) is 34.9 Å². The van der Waals surface area contributed by atoms with Crippen LogP contribution in [-0.4, -0.2) is 32.6 Å². The zero-order valence-corrected chi connectivity index (χ0v) is 18.1. The fourth-order valence-electron chi connectivity index (χ4n) is 3.75. The number of rotatable bonds is 4. The molecule has 0 aliphatic carbocycles. The molecule has 3 heterocycles. The molecule has 0 spiro atoms. The lowest BCUT2D eigenvalue weighted by Crippen LogP contribution is -2.04. The molecule has 5 rings (SSSR count). The van der Waals surface area contributed by atoms with Gasteiger partial charge in [-0.15, -0.1) is 0 Å². The fourth-order valence-corrected chi connectivity index (χ4v) is 3.75. The second-order valence-electron chi connectivity index (χ2n) is 7.45. The van der Waals surface area contributed by atoms with Crippen LogP contribution < -0.4 is 5.73 Å². The Labute approximate surface area is 195 Å². The Morgan fingerprint density at radius 2 is 1.85 bits per heavy atom. The Kier molecular flexibility index (Phi) is 5.20. The summed E-state index contributed by atoms with van der Waals surface area (Å²) in [7, 11) is 1.34. The van der Waals surface area contributed by atoms with Gasteiger partial charge >= 0.3 is 5.97 Å². The van der Waals surface area contributed by atoms with E-state index in [0.717, 1.165) is 11.3 Å². The van der Waals surface area contributed by atoms with Crippen molar-refractivity contribution >= 4 is 28.6 Å². The largest absolute Gasteiger partial charge is 0.465 e. The van der Waals surface area contributed by atoms with Gasteiger partial charge in [-0.05, 0) is 60.2 Å². The van der Waals surface area contributed by atoms with E-state index in [1.165, 1.54) is 7.11 Å². The van der Waals surface area contributed by atoms with Crippen LogP contribution in [0.4, 0.5) is 11.5 Å². The summed E-state index contributed by atoms with van der Waals surface area (Å²) in [6.45, 7) is 7.30. The van der Waals surface area contributed by atoms with E-state index in [-0.39, 0.29) is 0 Å². The van der Waals surface area contributed by atoms with Gasteiger partial charge in [0.15, 0.2) is 17.2 Å². The molecule has 0 atom stereocenters. The minimum atomic E-state index is -0.418. The Morgan fingerprint density at radius 3 is 2.59 bits per heavy atom. The van der Waals surface area contributed by atoms with E-state index in [4.69, 9.17) is 27.0 Å². The van der Waals surface area contributed by atoms with Crippen molar-refractivity contribution in [3.63, 3.8) is 0 Å². The van der Waals surface area contributed by atoms with Crippen LogP contribution >= 0.6 is 0 Å². The second-order valence-corrected chi connectivity index (χ2v) is 7.45. The number of anilines is 1. The van der Waals surface area contributed by atoms with Crippen LogP contribution in [0.1, 0.15) is 10.4 Å². The lowest BCUT2D eigenvalue weighted by molar-refractivity contribution is 0.0600. The molecule has 5 aromatic rings. The number of imidazole rings is 1. The predicted octanol–water partition coefficient (Wildman–Crippen LogP) is 5.07. The second kappa shape index (κ2) is 8.48. The number of carbonyl (C=O) groups is 1. The Balaban J connectivity index is 1.75. The number of hydrogen-bond acceptors (Lipinski definition) is 6. The average molecular weight is 446 g/mol. The SMILES string of the molecule is [C-]#[N+]c1cccc(-c2ccc3nc(-c4cccnc4N)n(-c4ccc(C(=O)OC)cc4)c3n2)c1. The number of methoxy groups -OCH3 is 1. The maximum atomic E-state index is 11.9. The van der Waals surface area contributed by atoms with E-state index in [9.17, 15) is 4.79 Å². The summed E-state index contributed by atoms with van der Waals surface area (Å²) < 4.78 is 6.69. The summed E-state index contributed by atoms with van der Waals surface area (Å²) in [5.74, 6) is 0.500. The predicted molar refractivity (Wildman–Crippen MR) is 130 cm³/mol. The number of ether oxygens (including phenoxy) is 1. The van der Waals surface area contributed by atoms with Gasteiger partial charge in [-0.25, -0.2) is 24.6 Å². The van der Waals surface area contributed by atoms with Crippen LogP contribution in [-0.2, 0) is 4.74 Å². The van der Waals surface area contributed by atoms with Crippen molar-refractivity contribution < 1.29 is 9.53 Å². The van der Waals surface area contributed by atoms with Crippen molar-refractivity contribution in [2.45, 2.75) is 0 Å². The fraction of sp³-hybridized carbons (Fsp3) is 0.0385. The third-order valence-electron chi connectivity index (χ3n) is 5.40. The molecule has 0 bridgehead atoms. The number of fused-ring (bicyclic) bond motifs is 1. The molecule has 0 fully saturated rings. The minimum absolute atomic E-state index is 0.343. The maximum Gasteiger partial charge on any atom is 0.337 e. The normalized spacial score (nSPS) is 10.7. The molecule has 0 saturated heterocycles. The molecule has 2 aromatic carbocycles. The molecule has 0 aliphatic heterocycles. The van der Waals surface area contributed by atoms with Gasteiger partial charge in [0.1, 0.15) is 11.3 Å². The number of aromatic nitrogens is 4. The molecule has 0 aliphatic rings. The number of nitrogens with zero attached hydrogens (tertiary/aromatic N) is 5. The van der Waals surface area contributed by atoms with E-state index < -0.39 is 5.97 Å². The monoisotopic (exact) mass is 446 g/mol. The van der Waals surface area contributed by atoms with Crippen LogP contribution in [0, 0.1) is 6.57 Å². The lowest BCUT2D eigenvalue weighted by Gasteiger charge is -2.11. The average Bonchev–Trinajstić information content (AvgIpc) is 3.27. The standard InChI is InChI=1S/C26H18N6O2/c1-28-18-6-3-5-17(15-18)21-12-13-22-25(30-21)32(19-10-8-16(9-11-19)26(33)34-2)24(31-22)20-7-4-14-29-23(20)27/h3-15H,2H3,(H2,27,29). The molecule has 0 amide bonds. The van der Waals surface area contributed by atoms with Gasteiger partial charge in [0.25, 0.3) is 0 Å². The molecular formula is C26H18N6O2. The number of nitrogen functional groups attached to an aromatic ring is 1. The molecule has 2 N–H and O–H groups in total. The summed E-state index contributed by atoms with van der Waals surface area (Å²) in [6, 6.07) is 21.7. The summed E-state index contributed by atoms with van der Waals surface area (Å²) in [6.07, 6.45) is 1.62. The molecule has 164 valence electrons. The third-order valence-corrected chi connectivity index (χ3v) is 5.40. The smallest absolute Gasteiger partial charge is 0.337 e. The topological polar surface area (TPSA) is 100 Å². The highest BCUT2D eigenvalue weighted by Gasteiger charge is 2.19. The highest BCUT2D eigenvalue weighted by atomic mass is 16.5. The molecule has 34 heavy (non-hydrogen) atoms. The van der Waals surface area contributed by atoms with Gasteiger partial charge < -0.3 is 10.5 Å². The van der Waals surface area contributed by atoms with Gasteiger partial charge in [0.05, 0.1) is 30.5 Å². The first-order valence-corrected chi connectivity index (χ1v) is 10.4. The Bertz CT molecular complexity index is 1580. The van der Waals surface area contributed by atoms with E-state index >= 15 is 0 Å². The van der Waals surface area contributed by atoms with Gasteiger partial charge in [-0.3, -0.25) is 4.57 Å². The van der Waals surface area contributed by atoms with Crippen LogP contribution in [0.15, 0.2) is 79.0 Å². The van der Waals surface area contributed by atoms with Crippen molar-refractivity contribution in [2.24, 2.45) is 0 Å². The van der Waals surface area contributed by atoms with Gasteiger partial charge in [-0.1, -0.05) is 18.2 Å². The summed E-state index contributed by atoms with van der Waals surface area (Å²) in [4.78, 5) is 29.3. The molecule has 8 heteroatoms. The zero-order valence-electron chi connectivity index (χ0n) is 18.1. The highest BCUT2D eigenvalue weighted by molar-refractivity contribution is 5.90. The number of carbonyl (C=O) groups excluding carboxylic acids is 1.